The number of carbonyl (C=O) groups excluding carboxylic acids is 1. The van der Waals surface area contributed by atoms with Crippen molar-refractivity contribution in [3.63, 3.8) is 0 Å². The van der Waals surface area contributed by atoms with Gasteiger partial charge in [-0.2, -0.15) is 0 Å². The summed E-state index contributed by atoms with van der Waals surface area (Å²) in [4.78, 5) is 11.7. The number of hydrogen-bond donors (Lipinski definition) is 0. The Morgan fingerprint density at radius 2 is 1.80 bits per heavy atom. The minimum Gasteiger partial charge on any atom is -0.459 e. The summed E-state index contributed by atoms with van der Waals surface area (Å²) in [5.74, 6) is 0.893. The number of ether oxygens (including phenoxy) is 2. The second-order valence-electron chi connectivity index (χ2n) is 10.1. The normalized spacial score (nSPS) is 48.8. The topological polar surface area (TPSA) is 35.5 Å². The van der Waals surface area contributed by atoms with Gasteiger partial charge in [0.1, 0.15) is 11.7 Å². The van der Waals surface area contributed by atoms with Crippen LogP contribution in [0.3, 0.4) is 0 Å². The largest absolute Gasteiger partial charge is 0.459 e. The van der Waals surface area contributed by atoms with Crippen molar-refractivity contribution in [2.45, 2.75) is 97.4 Å². The smallest absolute Gasteiger partial charge is 0.303 e. The van der Waals surface area contributed by atoms with Crippen LogP contribution in [0.25, 0.3) is 0 Å². The summed E-state index contributed by atoms with van der Waals surface area (Å²) in [6, 6.07) is 0. The van der Waals surface area contributed by atoms with Crippen molar-refractivity contribution in [3.05, 3.63) is 12.7 Å². The van der Waals surface area contributed by atoms with E-state index in [1.165, 1.54) is 32.6 Å². The molecule has 3 rings (SSSR count). The minimum absolute atomic E-state index is 0.168. The molecule has 1 heterocycles. The Kier molecular flexibility index (Phi) is 4.42. The molecule has 0 aromatic rings. The Bertz CT molecular complexity index is 568. The monoisotopic (exact) mass is 348 g/mol. The van der Waals surface area contributed by atoms with Crippen molar-refractivity contribution >= 4 is 5.97 Å². The van der Waals surface area contributed by atoms with Gasteiger partial charge in [-0.3, -0.25) is 4.79 Å². The Hall–Kier alpha value is -0.830. The molecule has 3 fully saturated rings. The molecule has 2 saturated carbocycles. The summed E-state index contributed by atoms with van der Waals surface area (Å²) < 4.78 is 12.4. The van der Waals surface area contributed by atoms with E-state index in [1.807, 2.05) is 13.0 Å². The third-order valence-corrected chi connectivity index (χ3v) is 7.99. The summed E-state index contributed by atoms with van der Waals surface area (Å²) in [6.07, 6.45) is 8.62. The number of rotatable bonds is 2. The van der Waals surface area contributed by atoms with Gasteiger partial charge >= 0.3 is 5.97 Å². The van der Waals surface area contributed by atoms with Crippen LogP contribution < -0.4 is 0 Å². The first kappa shape index (κ1) is 18.9. The zero-order valence-electron chi connectivity index (χ0n) is 17.0. The molecule has 25 heavy (non-hydrogen) atoms. The molecule has 3 heteroatoms. The highest BCUT2D eigenvalue weighted by Gasteiger charge is 2.63. The quantitative estimate of drug-likeness (QED) is 0.503. The number of esters is 1. The fourth-order valence-corrected chi connectivity index (χ4v) is 6.80. The Morgan fingerprint density at radius 3 is 2.40 bits per heavy atom. The SMILES string of the molecule is C=C[C@@]1(C)O[C@@]2(C)CC[C@@H]3C(C)(C)CCC[C@@]3(C)[C@@H]2C[C@H]1OC(C)=O. The molecular weight excluding hydrogens is 312 g/mol. The molecule has 0 bridgehead atoms. The van der Waals surface area contributed by atoms with Crippen LogP contribution in [-0.4, -0.2) is 23.3 Å². The first-order valence-electron chi connectivity index (χ1n) is 9.98. The molecule has 142 valence electrons. The molecule has 1 aliphatic heterocycles. The van der Waals surface area contributed by atoms with Gasteiger partial charge in [-0.1, -0.05) is 33.3 Å². The van der Waals surface area contributed by atoms with Gasteiger partial charge in [-0.05, 0) is 68.6 Å². The molecular formula is C22H36O3. The molecule has 3 aliphatic rings. The van der Waals surface area contributed by atoms with Crippen LogP contribution >= 0.6 is 0 Å². The molecule has 3 nitrogen and oxygen atoms in total. The van der Waals surface area contributed by atoms with Gasteiger partial charge in [0, 0.05) is 6.92 Å². The third kappa shape index (κ3) is 2.87. The molecule has 0 N–H and O–H groups in total. The molecule has 0 spiro atoms. The number of fused-ring (bicyclic) bond motifs is 3. The van der Waals surface area contributed by atoms with E-state index < -0.39 is 5.60 Å². The van der Waals surface area contributed by atoms with Gasteiger partial charge < -0.3 is 9.47 Å². The maximum Gasteiger partial charge on any atom is 0.303 e. The molecule has 0 radical (unpaired) electrons. The highest BCUT2D eigenvalue weighted by atomic mass is 16.6. The van der Waals surface area contributed by atoms with Gasteiger partial charge in [0.2, 0.25) is 0 Å². The Labute approximate surface area is 153 Å². The van der Waals surface area contributed by atoms with E-state index in [9.17, 15) is 4.79 Å². The van der Waals surface area contributed by atoms with Crippen molar-refractivity contribution in [2.75, 3.05) is 0 Å². The maximum atomic E-state index is 11.7. The van der Waals surface area contributed by atoms with Gasteiger partial charge in [-0.15, -0.1) is 6.58 Å². The first-order valence-corrected chi connectivity index (χ1v) is 9.98. The first-order chi connectivity index (χ1) is 11.5. The van der Waals surface area contributed by atoms with Gasteiger partial charge in [-0.25, -0.2) is 0 Å². The van der Waals surface area contributed by atoms with E-state index in [0.717, 1.165) is 12.8 Å². The predicted molar refractivity (Wildman–Crippen MR) is 100 cm³/mol. The number of carbonyl (C=O) groups is 1. The second-order valence-corrected chi connectivity index (χ2v) is 10.1. The van der Waals surface area contributed by atoms with Crippen molar-refractivity contribution in [1.29, 1.82) is 0 Å². The van der Waals surface area contributed by atoms with E-state index in [0.29, 0.717) is 17.3 Å². The summed E-state index contributed by atoms with van der Waals surface area (Å²) >= 11 is 0. The molecule has 1 saturated heterocycles. The molecule has 6 atom stereocenters. The molecule has 0 aromatic heterocycles. The molecule has 2 aliphatic carbocycles. The van der Waals surface area contributed by atoms with Crippen molar-refractivity contribution < 1.29 is 14.3 Å². The average molecular weight is 349 g/mol. The van der Waals surface area contributed by atoms with E-state index >= 15 is 0 Å². The Balaban J connectivity index is 1.99. The highest BCUT2D eigenvalue weighted by Crippen LogP contribution is 2.65. The van der Waals surface area contributed by atoms with Gasteiger partial charge in [0.25, 0.3) is 0 Å². The maximum absolute atomic E-state index is 11.7. The fourth-order valence-electron chi connectivity index (χ4n) is 6.80. The standard InChI is InChI=1S/C22H36O3/c1-8-21(6)18(24-15(2)23)14-17-20(5)12-9-11-19(3,4)16(20)10-13-22(17,7)25-21/h8,16-18H,1,9-14H2,2-7H3/t16-,17+,18-,20-,21-,22+/m1/s1. The predicted octanol–water partition coefficient (Wildman–Crippen LogP) is 5.28. The lowest BCUT2D eigenvalue weighted by Gasteiger charge is -2.66. The van der Waals surface area contributed by atoms with Crippen molar-refractivity contribution in [3.8, 4) is 0 Å². The lowest BCUT2D eigenvalue weighted by atomic mass is 9.44. The van der Waals surface area contributed by atoms with Crippen molar-refractivity contribution in [2.24, 2.45) is 22.7 Å². The van der Waals surface area contributed by atoms with Crippen LogP contribution in [0.2, 0.25) is 0 Å². The van der Waals surface area contributed by atoms with Gasteiger partial charge in [0.05, 0.1) is 5.60 Å². The van der Waals surface area contributed by atoms with Crippen LogP contribution in [0.1, 0.15) is 80.1 Å². The van der Waals surface area contributed by atoms with E-state index in [4.69, 9.17) is 9.47 Å². The summed E-state index contributed by atoms with van der Waals surface area (Å²) in [5, 5.41) is 0. The van der Waals surface area contributed by atoms with E-state index in [2.05, 4.69) is 34.3 Å². The minimum atomic E-state index is -0.607. The van der Waals surface area contributed by atoms with Crippen LogP contribution in [-0.2, 0) is 14.3 Å². The summed E-state index contributed by atoms with van der Waals surface area (Å²) in [6.45, 7) is 17.2. The van der Waals surface area contributed by atoms with Crippen LogP contribution in [0, 0.1) is 22.7 Å². The Morgan fingerprint density at radius 1 is 1.12 bits per heavy atom. The van der Waals surface area contributed by atoms with Crippen molar-refractivity contribution in [1.82, 2.24) is 0 Å². The highest BCUT2D eigenvalue weighted by molar-refractivity contribution is 5.66. The number of hydrogen-bond acceptors (Lipinski definition) is 3. The van der Waals surface area contributed by atoms with Gasteiger partial charge in [0.15, 0.2) is 0 Å². The van der Waals surface area contributed by atoms with Crippen LogP contribution in [0.4, 0.5) is 0 Å². The van der Waals surface area contributed by atoms with E-state index in [-0.39, 0.29) is 23.1 Å². The summed E-state index contributed by atoms with van der Waals surface area (Å²) in [7, 11) is 0. The average Bonchev–Trinajstić information content (AvgIpc) is 2.47. The molecule has 0 unspecified atom stereocenters. The second kappa shape index (κ2) is 5.84. The third-order valence-electron chi connectivity index (χ3n) is 7.99. The molecule has 0 amide bonds. The fraction of sp³-hybridized carbons (Fsp3) is 0.864. The lowest BCUT2D eigenvalue weighted by molar-refractivity contribution is -0.284. The zero-order valence-corrected chi connectivity index (χ0v) is 17.0. The zero-order chi connectivity index (χ0) is 18.7. The van der Waals surface area contributed by atoms with E-state index in [1.54, 1.807) is 0 Å². The summed E-state index contributed by atoms with van der Waals surface area (Å²) in [5.41, 5.74) is -0.150. The van der Waals surface area contributed by atoms with Crippen LogP contribution in [0.5, 0.6) is 0 Å². The lowest BCUT2D eigenvalue weighted by Crippen LogP contribution is -2.66. The van der Waals surface area contributed by atoms with Crippen LogP contribution in [0.15, 0.2) is 12.7 Å². The molecule has 0 aromatic carbocycles.